The van der Waals surface area contributed by atoms with E-state index < -0.39 is 0 Å². The van der Waals surface area contributed by atoms with Crippen LogP contribution < -0.4 is 15.4 Å². The van der Waals surface area contributed by atoms with E-state index in [4.69, 9.17) is 4.74 Å². The second kappa shape index (κ2) is 10.8. The Morgan fingerprint density at radius 2 is 2.00 bits per heavy atom. The van der Waals surface area contributed by atoms with Gasteiger partial charge in [0.2, 0.25) is 0 Å². The lowest BCUT2D eigenvalue weighted by Gasteiger charge is -2.13. The average Bonchev–Trinajstić information content (AvgIpc) is 2.59. The first-order valence-corrected chi connectivity index (χ1v) is 7.40. The Hall–Kier alpha value is -1.90. The summed E-state index contributed by atoms with van der Waals surface area (Å²) in [5.41, 5.74) is 1.48. The molecule has 130 valence electrons. The zero-order valence-corrected chi connectivity index (χ0v) is 16.1. The van der Waals surface area contributed by atoms with Gasteiger partial charge >= 0.3 is 0 Å². The zero-order chi connectivity index (χ0) is 16.5. The fourth-order valence-corrected chi connectivity index (χ4v) is 2.16. The van der Waals surface area contributed by atoms with Crippen LogP contribution in [0.3, 0.4) is 0 Å². The Labute approximate surface area is 158 Å². The molecule has 5 nitrogen and oxygen atoms in total. The maximum atomic E-state index is 13.5. The molecule has 2 N–H and O–H groups in total. The molecular formula is C17H22FIN4O. The molecule has 0 aliphatic heterocycles. The minimum atomic E-state index is -0.329. The molecular weight excluding hydrogens is 422 g/mol. The summed E-state index contributed by atoms with van der Waals surface area (Å²) in [6.07, 6.45) is 2.36. The summed E-state index contributed by atoms with van der Waals surface area (Å²) in [7, 11) is 3.33. The number of nitrogens with zero attached hydrogens (tertiary/aromatic N) is 2. The summed E-state index contributed by atoms with van der Waals surface area (Å²) < 4.78 is 18.8. The standard InChI is InChI=1S/C17H21FN4O.HI/c1-19-17(22-12-15-14(18)7-5-10-20-15)21-11-9-13-6-3-4-8-16(13)23-2;/h3-8,10H,9,11-12H2,1-2H3,(H2,19,21,22);1H. The van der Waals surface area contributed by atoms with Crippen LogP contribution in [0, 0.1) is 5.82 Å². The first-order valence-electron chi connectivity index (χ1n) is 7.40. The number of guanidine groups is 1. The summed E-state index contributed by atoms with van der Waals surface area (Å²) in [5.74, 6) is 1.14. The van der Waals surface area contributed by atoms with E-state index in [2.05, 4.69) is 20.6 Å². The van der Waals surface area contributed by atoms with Crippen molar-refractivity contribution in [3.63, 3.8) is 0 Å². The molecule has 0 radical (unpaired) electrons. The van der Waals surface area contributed by atoms with Gasteiger partial charge in [0, 0.05) is 19.8 Å². The van der Waals surface area contributed by atoms with E-state index in [-0.39, 0.29) is 36.3 Å². The highest BCUT2D eigenvalue weighted by molar-refractivity contribution is 14.0. The van der Waals surface area contributed by atoms with Crippen molar-refractivity contribution in [2.45, 2.75) is 13.0 Å². The van der Waals surface area contributed by atoms with Crippen molar-refractivity contribution in [2.75, 3.05) is 20.7 Å². The van der Waals surface area contributed by atoms with Crippen molar-refractivity contribution in [2.24, 2.45) is 4.99 Å². The molecule has 0 saturated carbocycles. The molecule has 2 rings (SSSR count). The number of methoxy groups -OCH3 is 1. The van der Waals surface area contributed by atoms with E-state index in [1.165, 1.54) is 6.07 Å². The van der Waals surface area contributed by atoms with E-state index in [9.17, 15) is 4.39 Å². The molecule has 0 spiro atoms. The van der Waals surface area contributed by atoms with Gasteiger partial charge in [-0.2, -0.15) is 0 Å². The minimum Gasteiger partial charge on any atom is -0.496 e. The quantitative estimate of drug-likeness (QED) is 0.409. The first kappa shape index (κ1) is 20.1. The normalized spacial score (nSPS) is 10.7. The van der Waals surface area contributed by atoms with Gasteiger partial charge in [-0.25, -0.2) is 4.39 Å². The number of ether oxygens (including phenoxy) is 1. The second-order valence-electron chi connectivity index (χ2n) is 4.85. The van der Waals surface area contributed by atoms with Gasteiger partial charge in [0.15, 0.2) is 5.96 Å². The topological polar surface area (TPSA) is 58.5 Å². The Bertz CT molecular complexity index is 667. The van der Waals surface area contributed by atoms with Crippen LogP contribution in [0.1, 0.15) is 11.3 Å². The van der Waals surface area contributed by atoms with Crippen LogP contribution in [0.2, 0.25) is 0 Å². The van der Waals surface area contributed by atoms with Gasteiger partial charge in [-0.15, -0.1) is 24.0 Å². The molecule has 1 heterocycles. The number of nitrogens with one attached hydrogen (secondary N) is 2. The fraction of sp³-hybridized carbons (Fsp3) is 0.294. The molecule has 0 fully saturated rings. The van der Waals surface area contributed by atoms with Gasteiger partial charge in [0.25, 0.3) is 0 Å². The lowest BCUT2D eigenvalue weighted by Crippen LogP contribution is -2.38. The predicted molar refractivity (Wildman–Crippen MR) is 105 cm³/mol. The molecule has 1 aromatic carbocycles. The SMILES string of the molecule is CN=C(NCCc1ccccc1OC)NCc1ncccc1F.I. The van der Waals surface area contributed by atoms with Crippen LogP contribution in [0.15, 0.2) is 47.6 Å². The highest BCUT2D eigenvalue weighted by atomic mass is 127. The lowest BCUT2D eigenvalue weighted by atomic mass is 10.1. The number of aliphatic imine (C=N–C) groups is 1. The van der Waals surface area contributed by atoms with E-state index in [1.807, 2.05) is 24.3 Å². The van der Waals surface area contributed by atoms with Crippen LogP contribution >= 0.6 is 24.0 Å². The molecule has 0 unspecified atom stereocenters. The van der Waals surface area contributed by atoms with Gasteiger partial charge in [-0.1, -0.05) is 18.2 Å². The van der Waals surface area contributed by atoms with Crippen molar-refractivity contribution >= 4 is 29.9 Å². The third kappa shape index (κ3) is 5.95. The molecule has 0 bridgehead atoms. The second-order valence-corrected chi connectivity index (χ2v) is 4.85. The van der Waals surface area contributed by atoms with Crippen molar-refractivity contribution in [3.8, 4) is 5.75 Å². The van der Waals surface area contributed by atoms with Crippen LogP contribution in [0.5, 0.6) is 5.75 Å². The van der Waals surface area contributed by atoms with Crippen LogP contribution in [-0.4, -0.2) is 31.6 Å². The molecule has 0 amide bonds. The maximum absolute atomic E-state index is 13.5. The van der Waals surface area contributed by atoms with Crippen molar-refractivity contribution < 1.29 is 9.13 Å². The number of halogens is 2. The van der Waals surface area contributed by atoms with Gasteiger partial charge in [-0.3, -0.25) is 9.98 Å². The predicted octanol–water partition coefficient (Wildman–Crippen LogP) is 2.76. The summed E-state index contributed by atoms with van der Waals surface area (Å²) in [5, 5.41) is 6.24. The molecule has 0 aliphatic carbocycles. The third-order valence-electron chi connectivity index (χ3n) is 3.36. The maximum Gasteiger partial charge on any atom is 0.191 e. The van der Waals surface area contributed by atoms with Crippen LogP contribution in [0.25, 0.3) is 0 Å². The van der Waals surface area contributed by atoms with Crippen LogP contribution in [-0.2, 0) is 13.0 Å². The van der Waals surface area contributed by atoms with E-state index in [0.29, 0.717) is 18.2 Å². The summed E-state index contributed by atoms with van der Waals surface area (Å²) >= 11 is 0. The molecule has 24 heavy (non-hydrogen) atoms. The highest BCUT2D eigenvalue weighted by Crippen LogP contribution is 2.17. The number of hydrogen-bond donors (Lipinski definition) is 2. The van der Waals surface area contributed by atoms with Crippen molar-refractivity contribution in [3.05, 3.63) is 59.7 Å². The Morgan fingerprint density at radius 1 is 1.21 bits per heavy atom. The molecule has 1 aromatic heterocycles. The lowest BCUT2D eigenvalue weighted by molar-refractivity contribution is 0.409. The third-order valence-corrected chi connectivity index (χ3v) is 3.36. The van der Waals surface area contributed by atoms with Crippen molar-refractivity contribution in [1.82, 2.24) is 15.6 Å². The van der Waals surface area contributed by atoms with E-state index >= 15 is 0 Å². The van der Waals surface area contributed by atoms with Gasteiger partial charge in [0.05, 0.1) is 19.3 Å². The van der Waals surface area contributed by atoms with Crippen LogP contribution in [0.4, 0.5) is 4.39 Å². The monoisotopic (exact) mass is 444 g/mol. The van der Waals surface area contributed by atoms with Crippen molar-refractivity contribution in [1.29, 1.82) is 0 Å². The number of hydrogen-bond acceptors (Lipinski definition) is 3. The molecule has 7 heteroatoms. The highest BCUT2D eigenvalue weighted by Gasteiger charge is 2.05. The summed E-state index contributed by atoms with van der Waals surface area (Å²) in [6, 6.07) is 10.8. The minimum absolute atomic E-state index is 0. The number of pyridine rings is 1. The fourth-order valence-electron chi connectivity index (χ4n) is 2.16. The van der Waals surface area contributed by atoms with E-state index in [1.54, 1.807) is 26.4 Å². The van der Waals surface area contributed by atoms with Gasteiger partial charge in [-0.05, 0) is 30.2 Å². The Balaban J connectivity index is 0.00000288. The molecule has 0 atom stereocenters. The first-order chi connectivity index (χ1) is 11.2. The number of aromatic nitrogens is 1. The molecule has 0 aliphatic rings. The summed E-state index contributed by atoms with van der Waals surface area (Å²) in [6.45, 7) is 0.964. The molecule has 0 saturated heterocycles. The van der Waals surface area contributed by atoms with E-state index in [0.717, 1.165) is 17.7 Å². The summed E-state index contributed by atoms with van der Waals surface area (Å²) in [4.78, 5) is 8.12. The smallest absolute Gasteiger partial charge is 0.191 e. The zero-order valence-electron chi connectivity index (χ0n) is 13.8. The number of benzene rings is 1. The largest absolute Gasteiger partial charge is 0.496 e. The van der Waals surface area contributed by atoms with Gasteiger partial charge < -0.3 is 15.4 Å². The van der Waals surface area contributed by atoms with Gasteiger partial charge in [0.1, 0.15) is 11.6 Å². The Morgan fingerprint density at radius 3 is 2.71 bits per heavy atom. The Kier molecular flexibility index (Phi) is 9.06. The molecule has 2 aromatic rings. The number of para-hydroxylation sites is 1. The average molecular weight is 444 g/mol. The number of rotatable bonds is 6.